The van der Waals surface area contributed by atoms with E-state index >= 15 is 0 Å². The zero-order chi connectivity index (χ0) is 18.1. The predicted octanol–water partition coefficient (Wildman–Crippen LogP) is 4.20. The summed E-state index contributed by atoms with van der Waals surface area (Å²) in [5.41, 5.74) is 3.45. The van der Waals surface area contributed by atoms with E-state index in [2.05, 4.69) is 21.5 Å². The Morgan fingerprint density at radius 3 is 2.88 bits per heavy atom. The van der Waals surface area contributed by atoms with Crippen molar-refractivity contribution in [1.29, 1.82) is 0 Å². The summed E-state index contributed by atoms with van der Waals surface area (Å²) >= 11 is 0. The first-order chi connectivity index (χ1) is 12.7. The summed E-state index contributed by atoms with van der Waals surface area (Å²) < 4.78 is 18.5. The van der Waals surface area contributed by atoms with Crippen LogP contribution in [0.25, 0.3) is 22.4 Å². The number of nitrogens with zero attached hydrogens (tertiary/aromatic N) is 5. The van der Waals surface area contributed by atoms with Gasteiger partial charge in [0.2, 0.25) is 0 Å². The maximum Gasteiger partial charge on any atom is 0.143 e. The van der Waals surface area contributed by atoms with Gasteiger partial charge in [-0.25, -0.2) is 14.4 Å². The van der Waals surface area contributed by atoms with E-state index in [0.717, 1.165) is 35.4 Å². The number of benzene rings is 1. The quantitative estimate of drug-likeness (QED) is 0.542. The molecule has 0 aliphatic rings. The number of fused-ring (bicyclic) bond motifs is 1. The van der Waals surface area contributed by atoms with Crippen LogP contribution < -0.4 is 0 Å². The Hall–Kier alpha value is -3.02. The Balaban J connectivity index is 1.78. The van der Waals surface area contributed by atoms with Crippen molar-refractivity contribution in [3.8, 4) is 11.4 Å². The first-order valence-electron chi connectivity index (χ1n) is 8.74. The second-order valence-corrected chi connectivity index (χ2v) is 6.41. The number of imidazole rings is 2. The van der Waals surface area contributed by atoms with E-state index in [1.165, 1.54) is 6.07 Å². The van der Waals surface area contributed by atoms with Crippen molar-refractivity contribution in [2.45, 2.75) is 33.4 Å². The molecule has 0 bridgehead atoms. The summed E-state index contributed by atoms with van der Waals surface area (Å²) in [6, 6.07) is 7.06. The molecule has 4 aromatic rings. The van der Waals surface area contributed by atoms with Crippen LogP contribution in [0.5, 0.6) is 0 Å². The van der Waals surface area contributed by atoms with Gasteiger partial charge in [0, 0.05) is 25.1 Å². The minimum absolute atomic E-state index is 0.269. The number of halogens is 1. The summed E-state index contributed by atoms with van der Waals surface area (Å²) in [7, 11) is 0. The fraction of sp³-hybridized carbons (Fsp3) is 0.250. The second-order valence-electron chi connectivity index (χ2n) is 6.41. The highest BCUT2D eigenvalue weighted by molar-refractivity contribution is 5.74. The molecular weight excluding hydrogens is 329 g/mol. The largest absolute Gasteiger partial charge is 0.326 e. The Morgan fingerprint density at radius 1 is 1.15 bits per heavy atom. The first kappa shape index (κ1) is 16.4. The predicted molar refractivity (Wildman–Crippen MR) is 99.3 cm³/mol. The third kappa shape index (κ3) is 2.87. The lowest BCUT2D eigenvalue weighted by molar-refractivity contribution is 0.616. The van der Waals surface area contributed by atoms with Gasteiger partial charge in [0.25, 0.3) is 0 Å². The standard InChI is InChI=1S/C20H20FN5/c1-3-9-26-18-6-7-22-12-17(18)24-19(26)13-25-10-8-23-20(25)15-11-14(2)4-5-16(15)21/h4-8,10-12H,3,9,13H2,1-2H3. The molecule has 6 heteroatoms. The summed E-state index contributed by atoms with van der Waals surface area (Å²) in [6.45, 7) is 5.49. The van der Waals surface area contributed by atoms with Crippen molar-refractivity contribution in [1.82, 2.24) is 24.1 Å². The van der Waals surface area contributed by atoms with Crippen LogP contribution in [0.1, 0.15) is 24.7 Å². The monoisotopic (exact) mass is 349 g/mol. The van der Waals surface area contributed by atoms with E-state index < -0.39 is 0 Å². The number of hydrogen-bond donors (Lipinski definition) is 0. The SMILES string of the molecule is CCCn1c(Cn2ccnc2-c2cc(C)ccc2F)nc2cnccc21. The highest BCUT2D eigenvalue weighted by atomic mass is 19.1. The number of hydrogen-bond acceptors (Lipinski definition) is 3. The number of rotatable bonds is 5. The van der Waals surface area contributed by atoms with Crippen LogP contribution in [0.3, 0.4) is 0 Å². The molecule has 0 fully saturated rings. The molecule has 1 aromatic carbocycles. The van der Waals surface area contributed by atoms with Crippen molar-refractivity contribution >= 4 is 11.0 Å². The number of aryl methyl sites for hydroxylation is 2. The molecule has 0 saturated carbocycles. The zero-order valence-electron chi connectivity index (χ0n) is 14.9. The van der Waals surface area contributed by atoms with E-state index in [1.807, 2.05) is 29.8 Å². The van der Waals surface area contributed by atoms with Gasteiger partial charge >= 0.3 is 0 Å². The molecule has 0 amide bonds. The first-order valence-corrected chi connectivity index (χ1v) is 8.74. The Kier molecular flexibility index (Phi) is 4.24. The lowest BCUT2D eigenvalue weighted by Crippen LogP contribution is -2.09. The minimum Gasteiger partial charge on any atom is -0.326 e. The molecule has 3 aromatic heterocycles. The van der Waals surface area contributed by atoms with E-state index in [-0.39, 0.29) is 5.82 Å². The van der Waals surface area contributed by atoms with Crippen LogP contribution in [-0.4, -0.2) is 24.1 Å². The molecule has 0 aliphatic carbocycles. The van der Waals surface area contributed by atoms with Gasteiger partial charge in [-0.15, -0.1) is 0 Å². The highest BCUT2D eigenvalue weighted by Crippen LogP contribution is 2.24. The molecule has 3 heterocycles. The van der Waals surface area contributed by atoms with E-state index in [0.29, 0.717) is 17.9 Å². The number of pyridine rings is 1. The van der Waals surface area contributed by atoms with E-state index in [9.17, 15) is 4.39 Å². The highest BCUT2D eigenvalue weighted by Gasteiger charge is 2.15. The van der Waals surface area contributed by atoms with Gasteiger partial charge in [0.1, 0.15) is 23.0 Å². The number of aromatic nitrogens is 5. The van der Waals surface area contributed by atoms with Crippen molar-refractivity contribution in [2.75, 3.05) is 0 Å². The fourth-order valence-electron chi connectivity index (χ4n) is 3.27. The van der Waals surface area contributed by atoms with Crippen LogP contribution in [0.15, 0.2) is 49.1 Å². The molecule has 4 rings (SSSR count). The van der Waals surface area contributed by atoms with Gasteiger partial charge in [0.05, 0.1) is 23.8 Å². The van der Waals surface area contributed by atoms with E-state index in [4.69, 9.17) is 4.98 Å². The normalized spacial score (nSPS) is 11.3. The Morgan fingerprint density at radius 2 is 2.04 bits per heavy atom. The summed E-state index contributed by atoms with van der Waals surface area (Å²) in [5.74, 6) is 1.26. The average Bonchev–Trinajstić information content (AvgIpc) is 3.23. The van der Waals surface area contributed by atoms with Gasteiger partial charge in [-0.2, -0.15) is 0 Å². The van der Waals surface area contributed by atoms with Crippen LogP contribution in [0.2, 0.25) is 0 Å². The van der Waals surface area contributed by atoms with Crippen LogP contribution in [-0.2, 0) is 13.1 Å². The topological polar surface area (TPSA) is 48.5 Å². The minimum atomic E-state index is -0.269. The summed E-state index contributed by atoms with van der Waals surface area (Å²) in [4.78, 5) is 13.3. The smallest absolute Gasteiger partial charge is 0.143 e. The molecule has 0 atom stereocenters. The molecule has 0 saturated heterocycles. The van der Waals surface area contributed by atoms with Gasteiger partial charge in [-0.05, 0) is 31.5 Å². The maximum absolute atomic E-state index is 14.3. The van der Waals surface area contributed by atoms with E-state index in [1.54, 1.807) is 24.7 Å². The molecule has 132 valence electrons. The van der Waals surface area contributed by atoms with Gasteiger partial charge in [0.15, 0.2) is 0 Å². The van der Waals surface area contributed by atoms with Crippen LogP contribution in [0.4, 0.5) is 4.39 Å². The van der Waals surface area contributed by atoms with Gasteiger partial charge in [-0.1, -0.05) is 18.6 Å². The third-order valence-corrected chi connectivity index (χ3v) is 4.47. The van der Waals surface area contributed by atoms with Crippen LogP contribution >= 0.6 is 0 Å². The van der Waals surface area contributed by atoms with Crippen molar-refractivity contribution in [3.05, 3.63) is 66.3 Å². The van der Waals surface area contributed by atoms with Crippen molar-refractivity contribution in [2.24, 2.45) is 0 Å². The van der Waals surface area contributed by atoms with Gasteiger partial charge in [-0.3, -0.25) is 4.98 Å². The van der Waals surface area contributed by atoms with Gasteiger partial charge < -0.3 is 9.13 Å². The van der Waals surface area contributed by atoms with Crippen molar-refractivity contribution in [3.63, 3.8) is 0 Å². The molecule has 0 aliphatic heterocycles. The molecule has 26 heavy (non-hydrogen) atoms. The molecule has 5 nitrogen and oxygen atoms in total. The molecule has 0 spiro atoms. The Bertz CT molecular complexity index is 1060. The fourth-order valence-corrected chi connectivity index (χ4v) is 3.27. The zero-order valence-corrected chi connectivity index (χ0v) is 14.9. The molecule has 0 N–H and O–H groups in total. The summed E-state index contributed by atoms with van der Waals surface area (Å²) in [6.07, 6.45) is 8.13. The van der Waals surface area contributed by atoms with Crippen molar-refractivity contribution < 1.29 is 4.39 Å². The summed E-state index contributed by atoms with van der Waals surface area (Å²) in [5, 5.41) is 0. The molecule has 0 radical (unpaired) electrons. The lowest BCUT2D eigenvalue weighted by atomic mass is 10.1. The Labute approximate surface area is 151 Å². The lowest BCUT2D eigenvalue weighted by Gasteiger charge is -2.11. The third-order valence-electron chi connectivity index (χ3n) is 4.47. The second kappa shape index (κ2) is 6.71. The molecule has 0 unspecified atom stereocenters. The molecular formula is C20H20FN5. The average molecular weight is 349 g/mol. The maximum atomic E-state index is 14.3. The van der Waals surface area contributed by atoms with Crippen LogP contribution in [0, 0.1) is 12.7 Å².